The SMILES string of the molecule is O=C(O)[C@H]1[C@H](C(=O)Nc2cc(C(F)(F)F)ccc2F)[C@H]2C=C[C@H]1O2. The van der Waals surface area contributed by atoms with E-state index in [1.807, 2.05) is 5.32 Å². The first-order valence-corrected chi connectivity index (χ1v) is 6.92. The van der Waals surface area contributed by atoms with Gasteiger partial charge in [-0.15, -0.1) is 0 Å². The molecular weight excluding hydrogens is 334 g/mol. The van der Waals surface area contributed by atoms with Gasteiger partial charge in [0, 0.05) is 0 Å². The summed E-state index contributed by atoms with van der Waals surface area (Å²) in [6, 6.07) is 1.60. The Morgan fingerprint density at radius 1 is 1.12 bits per heavy atom. The minimum Gasteiger partial charge on any atom is -0.481 e. The molecule has 2 heterocycles. The number of hydrogen-bond donors (Lipinski definition) is 2. The molecule has 3 rings (SSSR count). The standard InChI is InChI=1S/C15H11F4NO4/c16-7-2-1-6(15(17,18)19)5-8(7)20-13(21)11-9-3-4-10(24-9)12(11)14(22)23/h1-5,9-12H,(H,20,21)(H,22,23)/t9-,10-,11-,12-/m1/s1. The van der Waals surface area contributed by atoms with E-state index < -0.39 is 59.2 Å². The van der Waals surface area contributed by atoms with Crippen LogP contribution >= 0.6 is 0 Å². The van der Waals surface area contributed by atoms with Crippen LogP contribution in [-0.4, -0.2) is 29.2 Å². The summed E-state index contributed by atoms with van der Waals surface area (Å²) in [6.07, 6.45) is -3.26. The summed E-state index contributed by atoms with van der Waals surface area (Å²) >= 11 is 0. The molecule has 1 fully saturated rings. The van der Waals surface area contributed by atoms with Crippen molar-refractivity contribution in [2.24, 2.45) is 11.8 Å². The maximum absolute atomic E-state index is 13.7. The molecule has 0 saturated carbocycles. The fourth-order valence-corrected chi connectivity index (χ4v) is 2.93. The van der Waals surface area contributed by atoms with Crippen LogP contribution in [0, 0.1) is 17.7 Å². The lowest BCUT2D eigenvalue weighted by Crippen LogP contribution is -2.39. The Bertz CT molecular complexity index is 731. The number of benzene rings is 1. The van der Waals surface area contributed by atoms with Gasteiger partial charge in [-0.1, -0.05) is 12.2 Å². The summed E-state index contributed by atoms with van der Waals surface area (Å²) in [5.41, 5.74) is -1.79. The fraction of sp³-hybridized carbons (Fsp3) is 0.333. The van der Waals surface area contributed by atoms with Crippen LogP contribution in [0.25, 0.3) is 0 Å². The van der Waals surface area contributed by atoms with Crippen molar-refractivity contribution in [3.63, 3.8) is 0 Å². The minimum atomic E-state index is -4.70. The molecule has 0 spiro atoms. The van der Waals surface area contributed by atoms with Gasteiger partial charge in [0.15, 0.2) is 0 Å². The molecule has 9 heteroatoms. The van der Waals surface area contributed by atoms with Gasteiger partial charge in [0.05, 0.1) is 29.4 Å². The average Bonchev–Trinajstić information content (AvgIpc) is 3.08. The zero-order chi connectivity index (χ0) is 17.6. The van der Waals surface area contributed by atoms with Crippen LogP contribution in [-0.2, 0) is 20.5 Å². The largest absolute Gasteiger partial charge is 0.481 e. The third-order valence-electron chi connectivity index (χ3n) is 4.04. The summed E-state index contributed by atoms with van der Waals surface area (Å²) in [6.45, 7) is 0. The molecule has 5 nitrogen and oxygen atoms in total. The number of alkyl halides is 3. The first-order valence-electron chi connectivity index (χ1n) is 6.92. The van der Waals surface area contributed by atoms with Crippen LogP contribution in [0.4, 0.5) is 23.2 Å². The molecule has 2 aliphatic rings. The van der Waals surface area contributed by atoms with Crippen molar-refractivity contribution in [3.8, 4) is 0 Å². The lowest BCUT2D eigenvalue weighted by Gasteiger charge is -2.21. The molecule has 1 aromatic carbocycles. The molecule has 0 unspecified atom stereocenters. The molecule has 2 bridgehead atoms. The van der Waals surface area contributed by atoms with Gasteiger partial charge in [0.25, 0.3) is 0 Å². The normalized spacial score (nSPS) is 28.2. The number of rotatable bonds is 3. The van der Waals surface area contributed by atoms with Crippen molar-refractivity contribution in [1.29, 1.82) is 0 Å². The molecule has 2 N–H and O–H groups in total. The van der Waals surface area contributed by atoms with E-state index in [0.29, 0.717) is 18.2 Å². The number of carboxylic acid groups (broad SMARTS) is 1. The molecule has 128 valence electrons. The Kier molecular flexibility index (Phi) is 3.83. The number of anilines is 1. The third kappa shape index (κ3) is 2.75. The number of fused-ring (bicyclic) bond motifs is 2. The van der Waals surface area contributed by atoms with Gasteiger partial charge in [-0.3, -0.25) is 9.59 Å². The molecule has 1 saturated heterocycles. The topological polar surface area (TPSA) is 75.6 Å². The smallest absolute Gasteiger partial charge is 0.416 e. The van der Waals surface area contributed by atoms with Crippen LogP contribution in [0.2, 0.25) is 0 Å². The Morgan fingerprint density at radius 2 is 1.75 bits per heavy atom. The quantitative estimate of drug-likeness (QED) is 0.652. The number of carbonyl (C=O) groups excluding carboxylic acids is 1. The third-order valence-corrected chi connectivity index (χ3v) is 4.04. The number of aliphatic carboxylic acids is 1. The number of hydrogen-bond acceptors (Lipinski definition) is 3. The Labute approximate surface area is 132 Å². The van der Waals surface area contributed by atoms with E-state index in [4.69, 9.17) is 4.74 Å². The second-order valence-corrected chi connectivity index (χ2v) is 5.52. The summed E-state index contributed by atoms with van der Waals surface area (Å²) in [5.74, 6) is -5.54. The number of carboxylic acids is 1. The first kappa shape index (κ1) is 16.4. The maximum Gasteiger partial charge on any atom is 0.416 e. The number of carbonyl (C=O) groups is 2. The second-order valence-electron chi connectivity index (χ2n) is 5.52. The van der Waals surface area contributed by atoms with E-state index in [9.17, 15) is 32.3 Å². The van der Waals surface area contributed by atoms with Crippen molar-refractivity contribution in [2.45, 2.75) is 18.4 Å². The minimum absolute atomic E-state index is 0.465. The van der Waals surface area contributed by atoms with E-state index in [0.717, 1.165) is 0 Å². The average molecular weight is 345 g/mol. The zero-order valence-electron chi connectivity index (χ0n) is 11.9. The Balaban J connectivity index is 1.85. The molecule has 0 radical (unpaired) electrons. The summed E-state index contributed by atoms with van der Waals surface area (Å²) in [4.78, 5) is 23.6. The van der Waals surface area contributed by atoms with Crippen molar-refractivity contribution in [1.82, 2.24) is 0 Å². The van der Waals surface area contributed by atoms with Crippen molar-refractivity contribution >= 4 is 17.6 Å². The molecule has 1 amide bonds. The highest BCUT2D eigenvalue weighted by molar-refractivity contribution is 5.96. The lowest BCUT2D eigenvalue weighted by molar-refractivity contribution is -0.145. The van der Waals surface area contributed by atoms with Crippen molar-refractivity contribution in [2.75, 3.05) is 5.32 Å². The number of amides is 1. The fourth-order valence-electron chi connectivity index (χ4n) is 2.93. The first-order chi connectivity index (χ1) is 11.2. The molecule has 2 aliphatic heterocycles. The van der Waals surface area contributed by atoms with Crippen LogP contribution < -0.4 is 5.32 Å². The zero-order valence-corrected chi connectivity index (χ0v) is 11.9. The number of halogens is 4. The highest BCUT2D eigenvalue weighted by Gasteiger charge is 2.53. The Morgan fingerprint density at radius 3 is 2.33 bits per heavy atom. The van der Waals surface area contributed by atoms with Gasteiger partial charge in [-0.05, 0) is 18.2 Å². The molecular formula is C15H11F4NO4. The van der Waals surface area contributed by atoms with Gasteiger partial charge in [0.1, 0.15) is 11.7 Å². The molecule has 0 aromatic heterocycles. The molecule has 4 atom stereocenters. The van der Waals surface area contributed by atoms with Crippen LogP contribution in [0.1, 0.15) is 5.56 Å². The molecule has 1 aromatic rings. The van der Waals surface area contributed by atoms with E-state index in [2.05, 4.69) is 0 Å². The highest BCUT2D eigenvalue weighted by atomic mass is 19.4. The van der Waals surface area contributed by atoms with Gasteiger partial charge >= 0.3 is 12.1 Å². The lowest BCUT2D eigenvalue weighted by atomic mass is 9.82. The van der Waals surface area contributed by atoms with E-state index >= 15 is 0 Å². The highest BCUT2D eigenvalue weighted by Crippen LogP contribution is 2.40. The Hall–Kier alpha value is -2.42. The summed E-state index contributed by atoms with van der Waals surface area (Å²) < 4.78 is 57.1. The van der Waals surface area contributed by atoms with Crippen molar-refractivity contribution < 1.29 is 37.0 Å². The van der Waals surface area contributed by atoms with Crippen LogP contribution in [0.5, 0.6) is 0 Å². The number of ether oxygens (including phenoxy) is 1. The summed E-state index contributed by atoms with van der Waals surface area (Å²) in [5, 5.41) is 11.3. The van der Waals surface area contributed by atoms with Gasteiger partial charge in [0.2, 0.25) is 5.91 Å². The number of nitrogens with one attached hydrogen (secondary N) is 1. The maximum atomic E-state index is 13.7. The van der Waals surface area contributed by atoms with Crippen LogP contribution in [0.15, 0.2) is 30.4 Å². The monoisotopic (exact) mass is 345 g/mol. The second kappa shape index (κ2) is 5.59. The van der Waals surface area contributed by atoms with Gasteiger partial charge in [-0.2, -0.15) is 13.2 Å². The predicted molar refractivity (Wildman–Crippen MR) is 72.4 cm³/mol. The summed E-state index contributed by atoms with van der Waals surface area (Å²) in [7, 11) is 0. The van der Waals surface area contributed by atoms with E-state index in [1.165, 1.54) is 12.2 Å². The van der Waals surface area contributed by atoms with Crippen molar-refractivity contribution in [3.05, 3.63) is 41.7 Å². The van der Waals surface area contributed by atoms with Crippen LogP contribution in [0.3, 0.4) is 0 Å². The molecule has 0 aliphatic carbocycles. The molecule has 24 heavy (non-hydrogen) atoms. The van der Waals surface area contributed by atoms with E-state index in [-0.39, 0.29) is 0 Å². The predicted octanol–water partition coefficient (Wildman–Crippen LogP) is 2.44. The van der Waals surface area contributed by atoms with Gasteiger partial charge in [-0.25, -0.2) is 4.39 Å². The van der Waals surface area contributed by atoms with Gasteiger partial charge < -0.3 is 15.2 Å². The van der Waals surface area contributed by atoms with E-state index in [1.54, 1.807) is 0 Å².